The van der Waals surface area contributed by atoms with Gasteiger partial charge >= 0.3 is 6.03 Å². The van der Waals surface area contributed by atoms with E-state index in [1.807, 2.05) is 35.2 Å². The lowest BCUT2D eigenvalue weighted by Crippen LogP contribution is -2.51. The van der Waals surface area contributed by atoms with Gasteiger partial charge in [-0.2, -0.15) is 0 Å². The minimum atomic E-state index is -0.175. The Morgan fingerprint density at radius 2 is 1.55 bits per heavy atom. The van der Waals surface area contributed by atoms with Crippen molar-refractivity contribution in [3.63, 3.8) is 0 Å². The van der Waals surface area contributed by atoms with Crippen LogP contribution in [0.5, 0.6) is 11.5 Å². The van der Waals surface area contributed by atoms with E-state index in [1.165, 1.54) is 0 Å². The van der Waals surface area contributed by atoms with Crippen molar-refractivity contribution in [3.8, 4) is 11.5 Å². The van der Waals surface area contributed by atoms with Crippen molar-refractivity contribution in [1.29, 1.82) is 0 Å². The molecule has 0 atom stereocenters. The normalized spacial score (nSPS) is 17.7. The molecule has 2 aromatic rings. The molecular weight excluding hydrogens is 424 g/mol. The zero-order chi connectivity index (χ0) is 22.9. The lowest BCUT2D eigenvalue weighted by Gasteiger charge is -2.36. The monoisotopic (exact) mass is 450 g/mol. The highest BCUT2D eigenvalue weighted by atomic mass is 16.7. The number of amides is 3. The highest BCUT2D eigenvalue weighted by Crippen LogP contribution is 2.36. The summed E-state index contributed by atoms with van der Waals surface area (Å²) in [4.78, 5) is 44.5. The number of anilines is 2. The number of ether oxygens (including phenoxy) is 2. The average Bonchev–Trinajstić information content (AvgIpc) is 3.45. The van der Waals surface area contributed by atoms with Crippen LogP contribution in [0, 0.1) is 0 Å². The molecule has 5 rings (SSSR count). The van der Waals surface area contributed by atoms with Crippen LogP contribution in [0.3, 0.4) is 0 Å². The predicted molar refractivity (Wildman–Crippen MR) is 122 cm³/mol. The first-order valence-corrected chi connectivity index (χ1v) is 11.1. The number of hydrogen-bond acceptors (Lipinski definition) is 6. The third-order valence-corrected chi connectivity index (χ3v) is 6.36. The van der Waals surface area contributed by atoms with Gasteiger partial charge in [0.05, 0.1) is 0 Å². The van der Waals surface area contributed by atoms with Crippen molar-refractivity contribution in [2.45, 2.75) is 6.92 Å². The van der Waals surface area contributed by atoms with Gasteiger partial charge in [0, 0.05) is 62.3 Å². The SMILES string of the molecule is CC(=O)c1ccc(N2CCN(C(=O)CN3CCN(c4ccc5c(c4)OCO5)C3=O)CC2)cc1. The molecule has 3 amide bonds. The van der Waals surface area contributed by atoms with Crippen LogP contribution in [0.25, 0.3) is 0 Å². The Hall–Kier alpha value is -3.75. The molecule has 0 spiro atoms. The van der Waals surface area contributed by atoms with Gasteiger partial charge in [-0.3, -0.25) is 14.5 Å². The molecule has 3 aliphatic heterocycles. The number of carbonyl (C=O) groups excluding carboxylic acids is 3. The summed E-state index contributed by atoms with van der Waals surface area (Å²) in [6.45, 7) is 5.46. The predicted octanol–water partition coefficient (Wildman–Crippen LogP) is 2.21. The van der Waals surface area contributed by atoms with E-state index in [9.17, 15) is 14.4 Å². The van der Waals surface area contributed by atoms with Crippen molar-refractivity contribution in [3.05, 3.63) is 48.0 Å². The number of Topliss-reactive ketones (excluding diaryl/α,β-unsaturated/α-hetero) is 1. The lowest BCUT2D eigenvalue weighted by molar-refractivity contribution is -0.131. The quantitative estimate of drug-likeness (QED) is 0.650. The zero-order valence-electron chi connectivity index (χ0n) is 18.5. The van der Waals surface area contributed by atoms with E-state index in [1.54, 1.807) is 28.9 Å². The Balaban J connectivity index is 1.15. The van der Waals surface area contributed by atoms with Crippen molar-refractivity contribution in [2.24, 2.45) is 0 Å². The van der Waals surface area contributed by atoms with E-state index >= 15 is 0 Å². The van der Waals surface area contributed by atoms with E-state index in [0.717, 1.165) is 11.4 Å². The second-order valence-electron chi connectivity index (χ2n) is 8.36. The molecule has 0 unspecified atom stereocenters. The Morgan fingerprint density at radius 3 is 2.27 bits per heavy atom. The highest BCUT2D eigenvalue weighted by molar-refractivity contribution is 5.97. The molecule has 0 bridgehead atoms. The average molecular weight is 450 g/mol. The van der Waals surface area contributed by atoms with Gasteiger partial charge in [-0.05, 0) is 43.3 Å². The molecule has 3 heterocycles. The van der Waals surface area contributed by atoms with Gasteiger partial charge in [-0.25, -0.2) is 4.79 Å². The van der Waals surface area contributed by atoms with Gasteiger partial charge in [-0.1, -0.05) is 0 Å². The fourth-order valence-corrected chi connectivity index (χ4v) is 4.41. The van der Waals surface area contributed by atoms with E-state index in [2.05, 4.69) is 4.90 Å². The van der Waals surface area contributed by atoms with E-state index < -0.39 is 0 Å². The number of piperazine rings is 1. The molecule has 0 N–H and O–H groups in total. The number of nitrogens with zero attached hydrogens (tertiary/aromatic N) is 4. The minimum absolute atomic E-state index is 0.0394. The third-order valence-electron chi connectivity index (χ3n) is 6.36. The molecule has 2 saturated heterocycles. The standard InChI is InChI=1S/C24H26N4O5/c1-17(29)18-2-4-19(5-3-18)25-8-10-26(11-9-25)23(30)15-27-12-13-28(24(27)31)20-6-7-21-22(14-20)33-16-32-21/h2-7,14H,8-13,15-16H2,1H3. The van der Waals surface area contributed by atoms with Crippen LogP contribution in [-0.2, 0) is 4.79 Å². The Bertz CT molecular complexity index is 1080. The van der Waals surface area contributed by atoms with Crippen molar-refractivity contribution >= 4 is 29.1 Å². The molecule has 9 heteroatoms. The third kappa shape index (κ3) is 4.18. The summed E-state index contributed by atoms with van der Waals surface area (Å²) in [5.41, 5.74) is 2.47. The number of rotatable bonds is 5. The van der Waals surface area contributed by atoms with Crippen molar-refractivity contribution in [2.75, 3.05) is 62.4 Å². The van der Waals surface area contributed by atoms with Crippen LogP contribution in [0.15, 0.2) is 42.5 Å². The molecule has 0 aliphatic carbocycles. The Labute approximate surface area is 192 Å². The summed E-state index contributed by atoms with van der Waals surface area (Å²) in [6, 6.07) is 12.8. The van der Waals surface area contributed by atoms with Crippen LogP contribution < -0.4 is 19.3 Å². The van der Waals surface area contributed by atoms with Gasteiger partial charge in [0.25, 0.3) is 0 Å². The van der Waals surface area contributed by atoms with E-state index in [-0.39, 0.29) is 31.1 Å². The number of fused-ring (bicyclic) bond motifs is 1. The Morgan fingerprint density at radius 1 is 0.848 bits per heavy atom. The number of ketones is 1. The number of benzene rings is 2. The molecule has 172 valence electrons. The van der Waals surface area contributed by atoms with E-state index in [0.29, 0.717) is 56.3 Å². The summed E-state index contributed by atoms with van der Waals surface area (Å²) < 4.78 is 10.7. The fourth-order valence-electron chi connectivity index (χ4n) is 4.41. The zero-order valence-corrected chi connectivity index (χ0v) is 18.5. The summed E-state index contributed by atoms with van der Waals surface area (Å²) in [5.74, 6) is 1.31. The lowest BCUT2D eigenvalue weighted by atomic mass is 10.1. The van der Waals surface area contributed by atoms with Gasteiger partial charge < -0.3 is 24.2 Å². The number of urea groups is 1. The summed E-state index contributed by atoms with van der Waals surface area (Å²) in [7, 11) is 0. The molecular formula is C24H26N4O5. The minimum Gasteiger partial charge on any atom is -0.454 e. The molecule has 0 radical (unpaired) electrons. The Kier molecular flexibility index (Phi) is 5.53. The molecule has 2 aromatic carbocycles. The molecule has 9 nitrogen and oxygen atoms in total. The maximum Gasteiger partial charge on any atom is 0.325 e. The molecule has 0 saturated carbocycles. The fraction of sp³-hybridized carbons (Fsp3) is 0.375. The number of carbonyl (C=O) groups is 3. The summed E-state index contributed by atoms with van der Waals surface area (Å²) in [6.07, 6.45) is 0. The molecule has 33 heavy (non-hydrogen) atoms. The smallest absolute Gasteiger partial charge is 0.325 e. The molecule has 3 aliphatic rings. The topological polar surface area (TPSA) is 82.6 Å². The second-order valence-corrected chi connectivity index (χ2v) is 8.36. The van der Waals surface area contributed by atoms with Crippen LogP contribution in [-0.4, -0.2) is 80.1 Å². The van der Waals surface area contributed by atoms with Crippen LogP contribution >= 0.6 is 0 Å². The maximum absolute atomic E-state index is 12.9. The van der Waals surface area contributed by atoms with Crippen molar-refractivity contribution in [1.82, 2.24) is 9.80 Å². The van der Waals surface area contributed by atoms with Gasteiger partial charge in [0.15, 0.2) is 17.3 Å². The van der Waals surface area contributed by atoms with Gasteiger partial charge in [0.1, 0.15) is 6.54 Å². The molecule has 0 aromatic heterocycles. The number of hydrogen-bond donors (Lipinski definition) is 0. The van der Waals surface area contributed by atoms with Crippen LogP contribution in [0.4, 0.5) is 16.2 Å². The van der Waals surface area contributed by atoms with Crippen molar-refractivity contribution < 1.29 is 23.9 Å². The largest absolute Gasteiger partial charge is 0.454 e. The first-order chi connectivity index (χ1) is 16.0. The van der Waals surface area contributed by atoms with Crippen LogP contribution in [0.2, 0.25) is 0 Å². The van der Waals surface area contributed by atoms with Crippen LogP contribution in [0.1, 0.15) is 17.3 Å². The van der Waals surface area contributed by atoms with Gasteiger partial charge in [-0.15, -0.1) is 0 Å². The summed E-state index contributed by atoms with van der Waals surface area (Å²) >= 11 is 0. The first-order valence-electron chi connectivity index (χ1n) is 11.1. The van der Waals surface area contributed by atoms with E-state index in [4.69, 9.17) is 9.47 Å². The summed E-state index contributed by atoms with van der Waals surface area (Å²) in [5, 5.41) is 0. The maximum atomic E-state index is 12.9. The molecule has 2 fully saturated rings. The highest BCUT2D eigenvalue weighted by Gasteiger charge is 2.33. The first kappa shape index (κ1) is 21.1. The second kappa shape index (κ2) is 8.65. The van der Waals surface area contributed by atoms with Gasteiger partial charge in [0.2, 0.25) is 12.7 Å².